The van der Waals surface area contributed by atoms with E-state index >= 15 is 0 Å². The molecular formula is C28H26O4. The van der Waals surface area contributed by atoms with Gasteiger partial charge in [-0.1, -0.05) is 35.9 Å². The number of hydrogen-bond donors (Lipinski definition) is 1. The summed E-state index contributed by atoms with van der Waals surface area (Å²) in [4.78, 5) is 13.6. The van der Waals surface area contributed by atoms with E-state index in [0.29, 0.717) is 34.4 Å². The first-order valence-electron chi connectivity index (χ1n) is 10.9. The highest BCUT2D eigenvalue weighted by molar-refractivity contribution is 5.97. The summed E-state index contributed by atoms with van der Waals surface area (Å²) in [6.45, 7) is 7.93. The lowest BCUT2D eigenvalue weighted by Gasteiger charge is -2.30. The lowest BCUT2D eigenvalue weighted by molar-refractivity contribution is 0.157. The van der Waals surface area contributed by atoms with E-state index in [2.05, 4.69) is 12.2 Å². The summed E-state index contributed by atoms with van der Waals surface area (Å²) in [5.41, 5.74) is 5.59. The van der Waals surface area contributed by atoms with Crippen LogP contribution in [0.25, 0.3) is 34.2 Å². The molecule has 2 heterocycles. The summed E-state index contributed by atoms with van der Waals surface area (Å²) >= 11 is 0. The molecule has 0 radical (unpaired) electrons. The van der Waals surface area contributed by atoms with Crippen LogP contribution in [0.3, 0.4) is 0 Å². The molecule has 0 amide bonds. The second-order valence-corrected chi connectivity index (χ2v) is 9.30. The number of phenols is 1. The van der Waals surface area contributed by atoms with Crippen LogP contribution in [-0.2, 0) is 12.8 Å². The number of allylic oxidation sites excluding steroid dienone is 3. The monoisotopic (exact) mass is 426 g/mol. The van der Waals surface area contributed by atoms with E-state index in [1.807, 2.05) is 64.1 Å². The maximum absolute atomic E-state index is 13.6. The molecule has 0 unspecified atom stereocenters. The Morgan fingerprint density at radius 2 is 2.03 bits per heavy atom. The Balaban J connectivity index is 1.78. The number of aromatic hydroxyl groups is 1. The number of benzene rings is 2. The minimum Gasteiger partial charge on any atom is -0.507 e. The Morgan fingerprint density at radius 3 is 2.81 bits per heavy atom. The van der Waals surface area contributed by atoms with Gasteiger partial charge in [-0.05, 0) is 75.4 Å². The van der Waals surface area contributed by atoms with E-state index in [9.17, 15) is 9.90 Å². The number of rotatable bonds is 3. The lowest BCUT2D eigenvalue weighted by atomic mass is 9.93. The summed E-state index contributed by atoms with van der Waals surface area (Å²) in [7, 11) is 0. The third kappa shape index (κ3) is 3.27. The molecule has 0 saturated carbocycles. The summed E-state index contributed by atoms with van der Waals surface area (Å²) in [6.07, 6.45) is 12.9. The molecule has 1 aliphatic heterocycles. The molecule has 4 heteroatoms. The molecule has 4 nitrogen and oxygen atoms in total. The van der Waals surface area contributed by atoms with E-state index in [1.165, 1.54) is 17.4 Å². The first-order chi connectivity index (χ1) is 15.2. The topological polar surface area (TPSA) is 59.7 Å². The molecule has 0 atom stereocenters. The summed E-state index contributed by atoms with van der Waals surface area (Å²) in [5, 5.41) is 11.5. The summed E-state index contributed by atoms with van der Waals surface area (Å²) < 4.78 is 12.2. The van der Waals surface area contributed by atoms with Gasteiger partial charge in [0, 0.05) is 5.56 Å². The van der Waals surface area contributed by atoms with Gasteiger partial charge in [-0.2, -0.15) is 0 Å². The van der Waals surface area contributed by atoms with Crippen LogP contribution in [0.4, 0.5) is 0 Å². The van der Waals surface area contributed by atoms with Crippen LogP contribution in [0.15, 0.2) is 57.5 Å². The van der Waals surface area contributed by atoms with E-state index in [0.717, 1.165) is 17.6 Å². The number of ether oxygens (including phenoxy) is 1. The molecule has 0 fully saturated rings. The maximum atomic E-state index is 13.6. The lowest BCUT2D eigenvalue weighted by Crippen LogP contribution is -2.28. The highest BCUT2D eigenvalue weighted by Gasteiger charge is 2.30. The number of fused-ring (bicyclic) bond motifs is 4. The fraction of sp³-hybridized carbons (Fsp3) is 0.250. The Hall–Kier alpha value is -3.53. The molecular weight excluding hydrogens is 400 g/mol. The normalized spacial score (nSPS) is 15.4. The maximum Gasteiger partial charge on any atom is 0.204 e. The van der Waals surface area contributed by atoms with Crippen molar-refractivity contribution in [3.63, 3.8) is 0 Å². The van der Waals surface area contributed by atoms with E-state index in [4.69, 9.17) is 9.15 Å². The Kier molecular flexibility index (Phi) is 4.63. The van der Waals surface area contributed by atoms with Crippen molar-refractivity contribution in [3.05, 3.63) is 80.7 Å². The number of phenolic OH excluding ortho intramolecular Hbond substituents is 1. The predicted octanol–water partition coefficient (Wildman–Crippen LogP) is 6.43. The van der Waals surface area contributed by atoms with E-state index in [-0.39, 0.29) is 16.6 Å². The molecule has 5 rings (SSSR count). The SMILES string of the molecule is CC(C)=CCc1c2c(c3occ(-c4ccc5c(c4)CC=C5)c(=O)c3c1O)C=CC(C)(C)O2. The summed E-state index contributed by atoms with van der Waals surface area (Å²) in [5.74, 6) is 0.500. The third-order valence-corrected chi connectivity index (χ3v) is 6.10. The molecule has 2 aliphatic rings. The largest absolute Gasteiger partial charge is 0.507 e. The molecule has 2 aromatic carbocycles. The van der Waals surface area contributed by atoms with Crippen molar-refractivity contribution in [2.24, 2.45) is 0 Å². The van der Waals surface area contributed by atoms with Crippen LogP contribution < -0.4 is 10.2 Å². The third-order valence-electron chi connectivity index (χ3n) is 6.10. The molecule has 1 aromatic heterocycles. The van der Waals surface area contributed by atoms with Crippen molar-refractivity contribution in [2.45, 2.75) is 46.1 Å². The molecule has 162 valence electrons. The first kappa shape index (κ1) is 20.4. The molecule has 0 saturated heterocycles. The van der Waals surface area contributed by atoms with Crippen LogP contribution >= 0.6 is 0 Å². The molecule has 1 N–H and O–H groups in total. The van der Waals surface area contributed by atoms with Crippen LogP contribution in [0.2, 0.25) is 0 Å². The zero-order valence-corrected chi connectivity index (χ0v) is 18.8. The van der Waals surface area contributed by atoms with Gasteiger partial charge in [-0.3, -0.25) is 4.79 Å². The van der Waals surface area contributed by atoms with Gasteiger partial charge in [-0.15, -0.1) is 0 Å². The quantitative estimate of drug-likeness (QED) is 0.491. The van der Waals surface area contributed by atoms with Crippen molar-refractivity contribution in [3.8, 4) is 22.6 Å². The van der Waals surface area contributed by atoms with Gasteiger partial charge < -0.3 is 14.3 Å². The zero-order valence-electron chi connectivity index (χ0n) is 18.8. The Labute approximate surface area is 187 Å². The highest BCUT2D eigenvalue weighted by Crippen LogP contribution is 2.45. The average molecular weight is 427 g/mol. The minimum absolute atomic E-state index is 0.0687. The molecule has 0 spiro atoms. The van der Waals surface area contributed by atoms with Gasteiger partial charge in [0.25, 0.3) is 0 Å². The van der Waals surface area contributed by atoms with Gasteiger partial charge in [0.2, 0.25) is 5.43 Å². The van der Waals surface area contributed by atoms with Crippen LogP contribution in [-0.4, -0.2) is 10.7 Å². The molecule has 1 aliphatic carbocycles. The van der Waals surface area contributed by atoms with Crippen molar-refractivity contribution in [2.75, 3.05) is 0 Å². The summed E-state index contributed by atoms with van der Waals surface area (Å²) in [6, 6.07) is 5.97. The number of hydrogen-bond acceptors (Lipinski definition) is 4. The fourth-order valence-corrected chi connectivity index (χ4v) is 4.37. The standard InChI is InChI=1S/C28H26O4/c1-16(2)8-11-20-24(29)23-25(30)22(19-10-9-17-6-5-7-18(17)14-19)15-31-27(23)21-12-13-28(3,4)32-26(20)21/h5-6,8-10,12-15,29H,7,11H2,1-4H3. The van der Waals surface area contributed by atoms with E-state index in [1.54, 1.807) is 0 Å². The Bertz CT molecular complexity index is 1410. The van der Waals surface area contributed by atoms with Crippen molar-refractivity contribution >= 4 is 23.1 Å². The molecule has 32 heavy (non-hydrogen) atoms. The molecule has 3 aromatic rings. The van der Waals surface area contributed by atoms with Gasteiger partial charge in [0.05, 0.1) is 11.1 Å². The Morgan fingerprint density at radius 1 is 1.22 bits per heavy atom. The van der Waals surface area contributed by atoms with Crippen molar-refractivity contribution < 1.29 is 14.3 Å². The fourth-order valence-electron chi connectivity index (χ4n) is 4.37. The second kappa shape index (κ2) is 7.27. The highest BCUT2D eigenvalue weighted by atomic mass is 16.5. The average Bonchev–Trinajstić information content (AvgIpc) is 3.20. The van der Waals surface area contributed by atoms with Gasteiger partial charge >= 0.3 is 0 Å². The van der Waals surface area contributed by atoms with Crippen LogP contribution in [0.1, 0.15) is 49.9 Å². The zero-order chi connectivity index (χ0) is 22.6. The minimum atomic E-state index is -0.522. The van der Waals surface area contributed by atoms with Crippen LogP contribution in [0, 0.1) is 0 Å². The van der Waals surface area contributed by atoms with Gasteiger partial charge in [-0.25, -0.2) is 0 Å². The van der Waals surface area contributed by atoms with Gasteiger partial charge in [0.1, 0.15) is 28.7 Å². The predicted molar refractivity (Wildman–Crippen MR) is 129 cm³/mol. The molecule has 0 bridgehead atoms. The van der Waals surface area contributed by atoms with Crippen LogP contribution in [0.5, 0.6) is 11.5 Å². The second-order valence-electron chi connectivity index (χ2n) is 9.30. The van der Waals surface area contributed by atoms with Crippen molar-refractivity contribution in [1.29, 1.82) is 0 Å². The van der Waals surface area contributed by atoms with Gasteiger partial charge in [0.15, 0.2) is 5.58 Å². The van der Waals surface area contributed by atoms with E-state index < -0.39 is 5.60 Å². The smallest absolute Gasteiger partial charge is 0.204 e. The van der Waals surface area contributed by atoms with Crippen molar-refractivity contribution in [1.82, 2.24) is 0 Å². The first-order valence-corrected chi connectivity index (χ1v) is 10.9.